The van der Waals surface area contributed by atoms with Crippen molar-refractivity contribution >= 4 is 16.5 Å². The lowest BCUT2D eigenvalue weighted by atomic mass is 10.2. The van der Waals surface area contributed by atoms with E-state index in [2.05, 4.69) is 10.4 Å². The Morgan fingerprint density at radius 2 is 1.78 bits per heavy atom. The zero-order valence-corrected chi connectivity index (χ0v) is 14.0. The van der Waals surface area contributed by atoms with E-state index in [9.17, 15) is 4.21 Å². The maximum Gasteiger partial charge on any atom is 0.0763 e. The monoisotopic (exact) mass is 325 g/mol. The molecule has 4 nitrogen and oxygen atoms in total. The van der Waals surface area contributed by atoms with Crippen LogP contribution in [0, 0.1) is 6.92 Å². The molecule has 0 aliphatic rings. The molecule has 1 N–H and O–H groups in total. The van der Waals surface area contributed by atoms with Crippen LogP contribution in [0.4, 0.5) is 5.69 Å². The van der Waals surface area contributed by atoms with Crippen molar-refractivity contribution in [2.75, 3.05) is 11.6 Å². The average Bonchev–Trinajstić information content (AvgIpc) is 2.95. The fourth-order valence-electron chi connectivity index (χ4n) is 2.41. The predicted octanol–water partition coefficient (Wildman–Crippen LogP) is 3.53. The Morgan fingerprint density at radius 1 is 1.09 bits per heavy atom. The number of aromatic nitrogens is 2. The van der Waals surface area contributed by atoms with Crippen LogP contribution >= 0.6 is 0 Å². The Morgan fingerprint density at radius 3 is 2.43 bits per heavy atom. The Kier molecular flexibility index (Phi) is 4.57. The number of nitrogens with one attached hydrogen (secondary N) is 1. The first-order valence-electron chi connectivity index (χ1n) is 7.41. The van der Waals surface area contributed by atoms with Gasteiger partial charge in [-0.1, -0.05) is 30.3 Å². The highest BCUT2D eigenvalue weighted by molar-refractivity contribution is 7.84. The SMILES string of the molecule is Cc1c(NCc2ccc([S@](C)=O)cc2)cnn1-c1ccccc1. The number of benzene rings is 2. The van der Waals surface area contributed by atoms with Gasteiger partial charge in [-0.15, -0.1) is 0 Å². The maximum absolute atomic E-state index is 11.4. The Balaban J connectivity index is 1.72. The minimum Gasteiger partial charge on any atom is -0.378 e. The van der Waals surface area contributed by atoms with Crippen LogP contribution in [0.15, 0.2) is 65.7 Å². The number of anilines is 1. The fraction of sp³-hybridized carbons (Fsp3) is 0.167. The molecule has 0 saturated carbocycles. The molecule has 0 aliphatic carbocycles. The van der Waals surface area contributed by atoms with Crippen molar-refractivity contribution < 1.29 is 4.21 Å². The highest BCUT2D eigenvalue weighted by atomic mass is 32.2. The summed E-state index contributed by atoms with van der Waals surface area (Å²) in [7, 11) is -0.932. The van der Waals surface area contributed by atoms with Crippen LogP contribution in [0.2, 0.25) is 0 Å². The van der Waals surface area contributed by atoms with E-state index < -0.39 is 10.8 Å². The van der Waals surface area contributed by atoms with Gasteiger partial charge in [-0.3, -0.25) is 4.21 Å². The molecule has 0 saturated heterocycles. The summed E-state index contributed by atoms with van der Waals surface area (Å²) in [6, 6.07) is 17.9. The van der Waals surface area contributed by atoms with Crippen molar-refractivity contribution in [3.05, 3.63) is 72.1 Å². The van der Waals surface area contributed by atoms with Gasteiger partial charge in [0.15, 0.2) is 0 Å². The second-order valence-electron chi connectivity index (χ2n) is 5.34. The molecule has 3 rings (SSSR count). The normalized spacial score (nSPS) is 12.1. The summed E-state index contributed by atoms with van der Waals surface area (Å²) in [5, 5.41) is 7.86. The summed E-state index contributed by atoms with van der Waals surface area (Å²) in [5.41, 5.74) is 4.28. The van der Waals surface area contributed by atoms with E-state index in [1.165, 1.54) is 0 Å². The molecule has 1 atom stereocenters. The molecular weight excluding hydrogens is 306 g/mol. The van der Waals surface area contributed by atoms with E-state index in [-0.39, 0.29) is 0 Å². The summed E-state index contributed by atoms with van der Waals surface area (Å²) in [6.07, 6.45) is 3.53. The van der Waals surface area contributed by atoms with E-state index in [0.29, 0.717) is 6.54 Å². The van der Waals surface area contributed by atoms with Crippen molar-refractivity contribution in [3.8, 4) is 5.69 Å². The fourth-order valence-corrected chi connectivity index (χ4v) is 2.93. The van der Waals surface area contributed by atoms with Crippen molar-refractivity contribution in [1.29, 1.82) is 0 Å². The zero-order valence-electron chi connectivity index (χ0n) is 13.2. The van der Waals surface area contributed by atoms with Gasteiger partial charge in [0.1, 0.15) is 0 Å². The number of nitrogens with zero attached hydrogens (tertiary/aromatic N) is 2. The van der Waals surface area contributed by atoms with Gasteiger partial charge in [-0.2, -0.15) is 5.10 Å². The lowest BCUT2D eigenvalue weighted by Gasteiger charge is -2.08. The summed E-state index contributed by atoms with van der Waals surface area (Å²) >= 11 is 0. The zero-order chi connectivity index (χ0) is 16.2. The maximum atomic E-state index is 11.4. The van der Waals surface area contributed by atoms with Gasteiger partial charge in [-0.05, 0) is 36.8 Å². The van der Waals surface area contributed by atoms with Gasteiger partial charge in [0.25, 0.3) is 0 Å². The molecule has 0 radical (unpaired) electrons. The quantitative estimate of drug-likeness (QED) is 0.780. The number of para-hydroxylation sites is 1. The second kappa shape index (κ2) is 6.79. The van der Waals surface area contributed by atoms with Crippen LogP contribution in [-0.2, 0) is 17.3 Å². The Labute approximate surface area is 138 Å². The van der Waals surface area contributed by atoms with Crippen molar-refractivity contribution in [2.45, 2.75) is 18.4 Å². The minimum atomic E-state index is -0.932. The molecule has 0 spiro atoms. The van der Waals surface area contributed by atoms with Crippen LogP contribution in [0.1, 0.15) is 11.3 Å². The third-order valence-corrected chi connectivity index (χ3v) is 4.68. The first kappa shape index (κ1) is 15.5. The lowest BCUT2D eigenvalue weighted by Crippen LogP contribution is -2.02. The summed E-state index contributed by atoms with van der Waals surface area (Å²) in [5.74, 6) is 0. The molecule has 1 heterocycles. The molecule has 0 bridgehead atoms. The van der Waals surface area contributed by atoms with Gasteiger partial charge in [0.05, 0.1) is 23.3 Å². The van der Waals surface area contributed by atoms with E-state index >= 15 is 0 Å². The standard InChI is InChI=1S/C18H19N3OS/c1-14-18(13-20-21(14)16-6-4-3-5-7-16)19-12-15-8-10-17(11-9-15)23(2)22/h3-11,13,19H,12H2,1-2H3/t23-/m0/s1. The van der Waals surface area contributed by atoms with Crippen LogP contribution in [0.3, 0.4) is 0 Å². The largest absolute Gasteiger partial charge is 0.378 e. The van der Waals surface area contributed by atoms with Crippen LogP contribution in [0.25, 0.3) is 5.69 Å². The molecular formula is C18H19N3OS. The molecule has 0 amide bonds. The van der Waals surface area contributed by atoms with Crippen molar-refractivity contribution in [3.63, 3.8) is 0 Å². The second-order valence-corrected chi connectivity index (χ2v) is 6.72. The predicted molar refractivity (Wildman–Crippen MR) is 94.4 cm³/mol. The van der Waals surface area contributed by atoms with Gasteiger partial charge in [0, 0.05) is 28.5 Å². The lowest BCUT2D eigenvalue weighted by molar-refractivity contribution is 0.687. The van der Waals surface area contributed by atoms with Gasteiger partial charge in [0.2, 0.25) is 0 Å². The van der Waals surface area contributed by atoms with E-state index in [1.807, 2.05) is 72.4 Å². The number of hydrogen-bond donors (Lipinski definition) is 1. The highest BCUT2D eigenvalue weighted by Gasteiger charge is 2.07. The summed E-state index contributed by atoms with van der Waals surface area (Å²) in [4.78, 5) is 0.849. The smallest absolute Gasteiger partial charge is 0.0763 e. The summed E-state index contributed by atoms with van der Waals surface area (Å²) in [6.45, 7) is 2.75. The molecule has 0 fully saturated rings. The van der Waals surface area contributed by atoms with Crippen LogP contribution in [-0.4, -0.2) is 20.2 Å². The number of rotatable bonds is 5. The molecule has 2 aromatic carbocycles. The van der Waals surface area contributed by atoms with Crippen LogP contribution < -0.4 is 5.32 Å². The number of hydrogen-bond acceptors (Lipinski definition) is 3. The topological polar surface area (TPSA) is 46.9 Å². The molecule has 118 valence electrons. The summed E-state index contributed by atoms with van der Waals surface area (Å²) < 4.78 is 13.3. The van der Waals surface area contributed by atoms with Crippen molar-refractivity contribution in [1.82, 2.24) is 9.78 Å². The van der Waals surface area contributed by atoms with Gasteiger partial charge < -0.3 is 5.32 Å². The Bertz CT molecular complexity index is 810. The average molecular weight is 325 g/mol. The van der Waals surface area contributed by atoms with E-state index in [0.717, 1.165) is 27.5 Å². The molecule has 5 heteroatoms. The van der Waals surface area contributed by atoms with Crippen molar-refractivity contribution in [2.24, 2.45) is 0 Å². The first-order valence-corrected chi connectivity index (χ1v) is 8.97. The van der Waals surface area contributed by atoms with Crippen LogP contribution in [0.5, 0.6) is 0 Å². The van der Waals surface area contributed by atoms with Gasteiger partial charge in [-0.25, -0.2) is 4.68 Å². The minimum absolute atomic E-state index is 0.706. The van der Waals surface area contributed by atoms with Gasteiger partial charge >= 0.3 is 0 Å². The Hall–Kier alpha value is -2.40. The van der Waals surface area contributed by atoms with E-state index in [4.69, 9.17) is 0 Å². The third kappa shape index (κ3) is 3.51. The molecule has 0 aliphatic heterocycles. The van der Waals surface area contributed by atoms with E-state index in [1.54, 1.807) is 6.26 Å². The highest BCUT2D eigenvalue weighted by Crippen LogP contribution is 2.19. The molecule has 3 aromatic rings. The first-order chi connectivity index (χ1) is 11.1. The molecule has 1 aromatic heterocycles. The third-order valence-electron chi connectivity index (χ3n) is 3.75. The molecule has 0 unspecified atom stereocenters. The molecule has 23 heavy (non-hydrogen) atoms.